The summed E-state index contributed by atoms with van der Waals surface area (Å²) in [6.07, 6.45) is 6.59. The Morgan fingerprint density at radius 1 is 1.70 bits per heavy atom. The Labute approximate surface area is 68.4 Å². The highest BCUT2D eigenvalue weighted by Gasteiger charge is 2.24. The first-order valence-electron chi connectivity index (χ1n) is 3.49. The Kier molecular flexibility index (Phi) is 1.52. The number of alkyl halides is 1. The summed E-state index contributed by atoms with van der Waals surface area (Å²) in [6, 6.07) is 0.759. The van der Waals surface area contributed by atoms with Crippen LogP contribution >= 0.6 is 15.9 Å². The van der Waals surface area contributed by atoms with E-state index in [1.54, 1.807) is 0 Å². The smallest absolute Gasteiger partial charge is 0.119 e. The third-order valence-corrected chi connectivity index (χ3v) is 2.31. The van der Waals surface area contributed by atoms with Gasteiger partial charge in [-0.2, -0.15) is 0 Å². The number of rotatable bonds is 2. The van der Waals surface area contributed by atoms with Gasteiger partial charge in [0.2, 0.25) is 0 Å². The summed E-state index contributed by atoms with van der Waals surface area (Å²) in [5, 5.41) is 0.872. The van der Waals surface area contributed by atoms with Gasteiger partial charge in [0.1, 0.15) is 5.82 Å². The Morgan fingerprint density at radius 3 is 3.10 bits per heavy atom. The molecule has 1 saturated carbocycles. The fraction of sp³-hybridized carbons (Fsp3) is 0.571. The molecule has 0 spiro atoms. The van der Waals surface area contributed by atoms with E-state index in [-0.39, 0.29) is 0 Å². The van der Waals surface area contributed by atoms with E-state index in [1.165, 1.54) is 12.8 Å². The van der Waals surface area contributed by atoms with E-state index in [9.17, 15) is 0 Å². The molecule has 0 N–H and O–H groups in total. The first kappa shape index (κ1) is 6.40. The fourth-order valence-electron chi connectivity index (χ4n) is 1.13. The second kappa shape index (κ2) is 2.38. The first-order valence-corrected chi connectivity index (χ1v) is 4.61. The van der Waals surface area contributed by atoms with Gasteiger partial charge in [0, 0.05) is 18.4 Å². The number of nitrogens with zero attached hydrogens (tertiary/aromatic N) is 2. The van der Waals surface area contributed by atoms with E-state index >= 15 is 0 Å². The topological polar surface area (TPSA) is 17.8 Å². The third kappa shape index (κ3) is 0.985. The van der Waals surface area contributed by atoms with Crippen molar-refractivity contribution >= 4 is 15.9 Å². The summed E-state index contributed by atoms with van der Waals surface area (Å²) in [4.78, 5) is 4.21. The molecule has 0 unspecified atom stereocenters. The summed E-state index contributed by atoms with van der Waals surface area (Å²) in [6.45, 7) is 0. The molecule has 0 aliphatic heterocycles. The second-order valence-electron chi connectivity index (χ2n) is 2.62. The third-order valence-electron chi connectivity index (χ3n) is 1.81. The van der Waals surface area contributed by atoms with E-state index in [0.29, 0.717) is 0 Å². The van der Waals surface area contributed by atoms with Crippen molar-refractivity contribution in [3.63, 3.8) is 0 Å². The standard InChI is InChI=1S/C7H9BrN2/c8-5-7-9-3-4-10(7)6-1-2-6/h3-4,6H,1-2,5H2. The average molecular weight is 201 g/mol. The normalized spacial score (nSPS) is 17.7. The number of aromatic nitrogens is 2. The van der Waals surface area contributed by atoms with Crippen LogP contribution in [0.3, 0.4) is 0 Å². The van der Waals surface area contributed by atoms with Gasteiger partial charge in [-0.3, -0.25) is 0 Å². The van der Waals surface area contributed by atoms with Crippen molar-refractivity contribution in [3.05, 3.63) is 18.2 Å². The predicted molar refractivity (Wildman–Crippen MR) is 43.1 cm³/mol. The monoisotopic (exact) mass is 200 g/mol. The lowest BCUT2D eigenvalue weighted by Crippen LogP contribution is -1.96. The van der Waals surface area contributed by atoms with Crippen molar-refractivity contribution in [2.75, 3.05) is 0 Å². The first-order chi connectivity index (χ1) is 4.92. The molecule has 2 rings (SSSR count). The summed E-state index contributed by atoms with van der Waals surface area (Å²) in [7, 11) is 0. The maximum Gasteiger partial charge on any atom is 0.119 e. The van der Waals surface area contributed by atoms with E-state index in [0.717, 1.165) is 17.2 Å². The zero-order chi connectivity index (χ0) is 6.97. The number of halogens is 1. The molecular formula is C7H9BrN2. The van der Waals surface area contributed by atoms with Crippen LogP contribution in [0.15, 0.2) is 12.4 Å². The SMILES string of the molecule is BrCc1nccn1C1CC1. The van der Waals surface area contributed by atoms with Crippen LogP contribution in [0.2, 0.25) is 0 Å². The van der Waals surface area contributed by atoms with Crippen molar-refractivity contribution in [2.24, 2.45) is 0 Å². The number of imidazole rings is 1. The zero-order valence-corrected chi connectivity index (χ0v) is 7.21. The average Bonchev–Trinajstić information content (AvgIpc) is 2.69. The summed E-state index contributed by atoms with van der Waals surface area (Å²) >= 11 is 3.40. The highest BCUT2D eigenvalue weighted by Crippen LogP contribution is 2.35. The largest absolute Gasteiger partial charge is 0.331 e. The van der Waals surface area contributed by atoms with Crippen LogP contribution < -0.4 is 0 Å². The van der Waals surface area contributed by atoms with E-state index in [2.05, 4.69) is 31.7 Å². The quantitative estimate of drug-likeness (QED) is 0.670. The minimum Gasteiger partial charge on any atom is -0.331 e. The van der Waals surface area contributed by atoms with Crippen LogP contribution in [0.1, 0.15) is 24.7 Å². The molecule has 1 aliphatic carbocycles. The van der Waals surface area contributed by atoms with Crippen molar-refractivity contribution in [1.29, 1.82) is 0 Å². The molecule has 0 radical (unpaired) electrons. The van der Waals surface area contributed by atoms with Crippen LogP contribution in [-0.2, 0) is 5.33 Å². The van der Waals surface area contributed by atoms with Crippen LogP contribution in [0.4, 0.5) is 0 Å². The van der Waals surface area contributed by atoms with Gasteiger partial charge >= 0.3 is 0 Å². The highest BCUT2D eigenvalue weighted by molar-refractivity contribution is 9.08. The Hall–Kier alpha value is -0.310. The number of hydrogen-bond acceptors (Lipinski definition) is 1. The van der Waals surface area contributed by atoms with Crippen molar-refractivity contribution in [1.82, 2.24) is 9.55 Å². The van der Waals surface area contributed by atoms with Gasteiger partial charge in [0.25, 0.3) is 0 Å². The van der Waals surface area contributed by atoms with Gasteiger partial charge in [-0.05, 0) is 12.8 Å². The van der Waals surface area contributed by atoms with Gasteiger partial charge in [0.15, 0.2) is 0 Å². The van der Waals surface area contributed by atoms with Crippen molar-refractivity contribution in [2.45, 2.75) is 24.2 Å². The van der Waals surface area contributed by atoms with Gasteiger partial charge in [-0.1, -0.05) is 15.9 Å². The van der Waals surface area contributed by atoms with E-state index in [1.807, 2.05) is 6.20 Å². The van der Waals surface area contributed by atoms with Gasteiger partial charge < -0.3 is 4.57 Å². The molecule has 2 nitrogen and oxygen atoms in total. The maximum absolute atomic E-state index is 4.21. The van der Waals surface area contributed by atoms with Crippen LogP contribution in [0.25, 0.3) is 0 Å². The van der Waals surface area contributed by atoms with Crippen molar-refractivity contribution < 1.29 is 0 Å². The molecular weight excluding hydrogens is 192 g/mol. The maximum atomic E-state index is 4.21. The molecule has 0 bridgehead atoms. The lowest BCUT2D eigenvalue weighted by molar-refractivity contribution is 0.708. The number of hydrogen-bond donors (Lipinski definition) is 0. The van der Waals surface area contributed by atoms with E-state index < -0.39 is 0 Å². The molecule has 1 aromatic rings. The zero-order valence-electron chi connectivity index (χ0n) is 5.63. The molecule has 1 heterocycles. The molecule has 1 aliphatic rings. The fourth-order valence-corrected chi connectivity index (χ4v) is 1.57. The predicted octanol–water partition coefficient (Wildman–Crippen LogP) is 2.11. The summed E-state index contributed by atoms with van der Waals surface area (Å²) in [5.74, 6) is 1.16. The van der Waals surface area contributed by atoms with E-state index in [4.69, 9.17) is 0 Å². The van der Waals surface area contributed by atoms with Gasteiger partial charge in [0.05, 0.1) is 5.33 Å². The molecule has 54 valence electrons. The van der Waals surface area contributed by atoms with Crippen LogP contribution in [0.5, 0.6) is 0 Å². The minimum absolute atomic E-state index is 0.759. The summed E-state index contributed by atoms with van der Waals surface area (Å²) < 4.78 is 2.26. The molecule has 10 heavy (non-hydrogen) atoms. The van der Waals surface area contributed by atoms with Crippen LogP contribution in [0, 0.1) is 0 Å². The Balaban J connectivity index is 2.28. The second-order valence-corrected chi connectivity index (χ2v) is 3.18. The molecule has 1 fully saturated rings. The lowest BCUT2D eigenvalue weighted by Gasteiger charge is -2.00. The molecule has 0 atom stereocenters. The minimum atomic E-state index is 0.759. The highest BCUT2D eigenvalue weighted by atomic mass is 79.9. The Morgan fingerprint density at radius 2 is 2.50 bits per heavy atom. The molecule has 0 amide bonds. The lowest BCUT2D eigenvalue weighted by atomic mass is 10.6. The summed E-state index contributed by atoms with van der Waals surface area (Å²) in [5.41, 5.74) is 0. The molecule has 0 aromatic carbocycles. The molecule has 3 heteroatoms. The van der Waals surface area contributed by atoms with Gasteiger partial charge in [-0.25, -0.2) is 4.98 Å². The van der Waals surface area contributed by atoms with Gasteiger partial charge in [-0.15, -0.1) is 0 Å². The Bertz CT molecular complexity index is 227. The van der Waals surface area contributed by atoms with Crippen LogP contribution in [-0.4, -0.2) is 9.55 Å². The molecule has 0 saturated heterocycles. The van der Waals surface area contributed by atoms with Crippen molar-refractivity contribution in [3.8, 4) is 0 Å². The molecule has 1 aromatic heterocycles.